The number of para-hydroxylation sites is 3. The molecule has 0 amide bonds. The summed E-state index contributed by atoms with van der Waals surface area (Å²) in [6.07, 6.45) is 0. The summed E-state index contributed by atoms with van der Waals surface area (Å²) in [5.74, 6) is 0. The third-order valence-electron chi connectivity index (χ3n) is 11.4. The third kappa shape index (κ3) is 7.14. The van der Waals surface area contributed by atoms with Crippen LogP contribution >= 0.6 is 0 Å². The van der Waals surface area contributed by atoms with Gasteiger partial charge in [0.1, 0.15) is 0 Å². The van der Waals surface area contributed by atoms with Crippen LogP contribution in [0.15, 0.2) is 229 Å². The van der Waals surface area contributed by atoms with Crippen molar-refractivity contribution in [3.63, 3.8) is 0 Å². The Morgan fingerprint density at radius 3 is 1.47 bits per heavy atom. The number of hydrogen-bond donors (Lipinski definition) is 0. The Labute approximate surface area is 351 Å². The Kier molecular flexibility index (Phi) is 9.82. The van der Waals surface area contributed by atoms with Crippen molar-refractivity contribution in [2.45, 2.75) is 6.54 Å². The molecule has 0 N–H and O–H groups in total. The number of hydrogen-bond acceptors (Lipinski definition) is 3. The molecule has 0 spiro atoms. The van der Waals surface area contributed by atoms with Crippen molar-refractivity contribution >= 4 is 45.5 Å². The predicted octanol–water partition coefficient (Wildman–Crippen LogP) is 15.4. The Bertz CT molecular complexity index is 3090. The van der Waals surface area contributed by atoms with Crippen LogP contribution in [0.5, 0.6) is 0 Å². The van der Waals surface area contributed by atoms with Crippen molar-refractivity contribution in [1.29, 1.82) is 0 Å². The molecule has 0 aliphatic carbocycles. The van der Waals surface area contributed by atoms with Gasteiger partial charge in [-0.3, -0.25) is 4.99 Å². The van der Waals surface area contributed by atoms with Crippen molar-refractivity contribution in [2.75, 3.05) is 4.90 Å². The summed E-state index contributed by atoms with van der Waals surface area (Å²) in [4.78, 5) is 12.1. The standard InChI is InChI=1S/C57H41N3/c1-58-54-23-13-14-24-56(54)60(48-19-9-4-10-20-48)39-40-25-27-47(28-26-40)55-38-52(46-35-31-44(32-36-46)42-17-7-3-8-18-42)53-37-51(49-21-11-12-22-50(49)57(53)59-55)45-33-29-43(30-34-45)41-15-5-2-6-16-41/h2-38H,1,39H2. The zero-order chi connectivity index (χ0) is 40.3. The number of aliphatic imine (C=N–C) groups is 1. The highest BCUT2D eigenvalue weighted by atomic mass is 15.1. The van der Waals surface area contributed by atoms with Gasteiger partial charge in [-0.2, -0.15) is 0 Å². The first-order valence-electron chi connectivity index (χ1n) is 20.4. The average Bonchev–Trinajstić information content (AvgIpc) is 3.34. The van der Waals surface area contributed by atoms with Crippen LogP contribution in [0.1, 0.15) is 5.56 Å². The fourth-order valence-electron chi connectivity index (χ4n) is 8.34. The lowest BCUT2D eigenvalue weighted by atomic mass is 9.90. The van der Waals surface area contributed by atoms with Crippen LogP contribution < -0.4 is 4.90 Å². The summed E-state index contributed by atoms with van der Waals surface area (Å²) < 4.78 is 0. The minimum Gasteiger partial charge on any atom is -0.335 e. The number of aromatic nitrogens is 1. The van der Waals surface area contributed by atoms with E-state index in [1.807, 2.05) is 18.2 Å². The van der Waals surface area contributed by atoms with Crippen molar-refractivity contribution in [1.82, 2.24) is 4.98 Å². The normalized spacial score (nSPS) is 11.1. The summed E-state index contributed by atoms with van der Waals surface area (Å²) in [6, 6.07) is 79.8. The van der Waals surface area contributed by atoms with E-state index in [0.717, 1.165) is 55.7 Å². The molecule has 0 saturated heterocycles. The summed E-state index contributed by atoms with van der Waals surface area (Å²) in [7, 11) is 0. The fourth-order valence-corrected chi connectivity index (χ4v) is 8.34. The van der Waals surface area contributed by atoms with E-state index in [4.69, 9.17) is 4.98 Å². The second-order valence-corrected chi connectivity index (χ2v) is 15.1. The van der Waals surface area contributed by atoms with Crippen LogP contribution in [0.3, 0.4) is 0 Å². The van der Waals surface area contributed by atoms with Crippen molar-refractivity contribution in [3.8, 4) is 55.8 Å². The monoisotopic (exact) mass is 767 g/mol. The zero-order valence-electron chi connectivity index (χ0n) is 33.1. The zero-order valence-corrected chi connectivity index (χ0v) is 33.1. The number of pyridine rings is 1. The molecule has 1 aromatic heterocycles. The minimum absolute atomic E-state index is 0.667. The van der Waals surface area contributed by atoms with Crippen LogP contribution in [-0.2, 0) is 6.54 Å². The van der Waals surface area contributed by atoms with Gasteiger partial charge < -0.3 is 4.90 Å². The first-order valence-corrected chi connectivity index (χ1v) is 20.4. The maximum Gasteiger partial charge on any atom is 0.0859 e. The van der Waals surface area contributed by atoms with Gasteiger partial charge in [0.15, 0.2) is 0 Å². The molecule has 60 heavy (non-hydrogen) atoms. The van der Waals surface area contributed by atoms with Crippen LogP contribution in [0.2, 0.25) is 0 Å². The van der Waals surface area contributed by atoms with Gasteiger partial charge in [0.05, 0.1) is 22.6 Å². The first kappa shape index (κ1) is 36.5. The average molecular weight is 768 g/mol. The van der Waals surface area contributed by atoms with Gasteiger partial charge >= 0.3 is 0 Å². The smallest absolute Gasteiger partial charge is 0.0859 e. The summed E-state index contributed by atoms with van der Waals surface area (Å²) in [6.45, 7) is 4.52. The van der Waals surface area contributed by atoms with Gasteiger partial charge in [-0.1, -0.05) is 188 Å². The molecule has 3 nitrogen and oxygen atoms in total. The third-order valence-corrected chi connectivity index (χ3v) is 11.4. The molecule has 10 aromatic rings. The molecular formula is C57H41N3. The molecule has 0 fully saturated rings. The highest BCUT2D eigenvalue weighted by molar-refractivity contribution is 6.16. The molecule has 10 rings (SSSR count). The van der Waals surface area contributed by atoms with Crippen molar-refractivity contribution in [3.05, 3.63) is 230 Å². The maximum atomic E-state index is 5.49. The van der Waals surface area contributed by atoms with Gasteiger partial charge in [-0.25, -0.2) is 4.98 Å². The number of benzene rings is 9. The molecule has 0 aliphatic heterocycles. The van der Waals surface area contributed by atoms with Gasteiger partial charge in [0.2, 0.25) is 0 Å². The molecule has 1 heterocycles. The Morgan fingerprint density at radius 2 is 0.867 bits per heavy atom. The lowest BCUT2D eigenvalue weighted by Crippen LogP contribution is -2.16. The van der Waals surface area contributed by atoms with Crippen molar-refractivity contribution < 1.29 is 0 Å². The quantitative estimate of drug-likeness (QED) is 0.102. The second-order valence-electron chi connectivity index (χ2n) is 15.1. The maximum absolute atomic E-state index is 5.49. The van der Waals surface area contributed by atoms with E-state index in [1.165, 1.54) is 44.3 Å². The molecule has 3 heteroatoms. The number of nitrogens with zero attached hydrogens (tertiary/aromatic N) is 3. The summed E-state index contributed by atoms with van der Waals surface area (Å²) in [5, 5.41) is 3.43. The predicted molar refractivity (Wildman–Crippen MR) is 254 cm³/mol. The number of anilines is 2. The van der Waals surface area contributed by atoms with Gasteiger partial charge in [-0.15, -0.1) is 0 Å². The van der Waals surface area contributed by atoms with E-state index < -0.39 is 0 Å². The second kappa shape index (κ2) is 16.2. The van der Waals surface area contributed by atoms with Gasteiger partial charge in [0, 0.05) is 28.6 Å². The lowest BCUT2D eigenvalue weighted by Gasteiger charge is -2.26. The molecule has 9 aromatic carbocycles. The highest BCUT2D eigenvalue weighted by Gasteiger charge is 2.18. The fraction of sp³-hybridized carbons (Fsp3) is 0.0175. The molecule has 0 saturated carbocycles. The molecule has 0 atom stereocenters. The largest absolute Gasteiger partial charge is 0.335 e. The first-order chi connectivity index (χ1) is 29.7. The van der Waals surface area contributed by atoms with Crippen LogP contribution in [0.25, 0.3) is 77.4 Å². The highest BCUT2D eigenvalue weighted by Crippen LogP contribution is 2.41. The molecule has 0 aliphatic rings. The van der Waals surface area contributed by atoms with E-state index in [0.29, 0.717) is 6.54 Å². The van der Waals surface area contributed by atoms with Crippen LogP contribution in [0.4, 0.5) is 17.1 Å². The van der Waals surface area contributed by atoms with Crippen LogP contribution in [0, 0.1) is 0 Å². The molecule has 0 unspecified atom stereocenters. The Balaban J connectivity index is 1.09. The molecule has 284 valence electrons. The summed E-state index contributed by atoms with van der Waals surface area (Å²) >= 11 is 0. The van der Waals surface area contributed by atoms with Crippen LogP contribution in [-0.4, -0.2) is 11.7 Å². The Hall–Kier alpha value is -7.88. The van der Waals surface area contributed by atoms with E-state index >= 15 is 0 Å². The molecule has 0 radical (unpaired) electrons. The van der Waals surface area contributed by atoms with E-state index in [9.17, 15) is 0 Å². The van der Waals surface area contributed by atoms with E-state index in [-0.39, 0.29) is 0 Å². The van der Waals surface area contributed by atoms with Gasteiger partial charge in [-0.05, 0) is 98.6 Å². The molecular weight excluding hydrogens is 727 g/mol. The molecule has 0 bridgehead atoms. The van der Waals surface area contributed by atoms with E-state index in [1.54, 1.807) is 0 Å². The van der Waals surface area contributed by atoms with Crippen molar-refractivity contribution in [2.24, 2.45) is 4.99 Å². The number of rotatable bonds is 10. The van der Waals surface area contributed by atoms with Gasteiger partial charge in [0.25, 0.3) is 0 Å². The summed E-state index contributed by atoms with van der Waals surface area (Å²) in [5.41, 5.74) is 16.6. The van der Waals surface area contributed by atoms with E-state index in [2.05, 4.69) is 223 Å². The number of fused-ring (bicyclic) bond motifs is 3. The topological polar surface area (TPSA) is 28.5 Å². The lowest BCUT2D eigenvalue weighted by molar-refractivity contribution is 0.975. The SMILES string of the molecule is C=Nc1ccccc1N(Cc1ccc(-c2cc(-c3ccc(-c4ccccc4)cc3)c3cc(-c4ccc(-c5ccccc5)cc4)c4ccccc4c3n2)cc1)c1ccccc1. The Morgan fingerprint density at radius 1 is 0.400 bits per heavy atom. The minimum atomic E-state index is 0.667.